The lowest BCUT2D eigenvalue weighted by Gasteiger charge is -2.00. The first kappa shape index (κ1) is 9.16. The summed E-state index contributed by atoms with van der Waals surface area (Å²) in [5, 5.41) is 1.09. The molecule has 0 bridgehead atoms. The minimum atomic E-state index is 0.188. The first-order valence-corrected chi connectivity index (χ1v) is 5.08. The maximum absolute atomic E-state index is 5.65. The molecule has 11 heavy (non-hydrogen) atoms. The van der Waals surface area contributed by atoms with Gasteiger partial charge in [-0.3, -0.25) is 0 Å². The molecule has 0 aliphatic carbocycles. The van der Waals surface area contributed by atoms with Gasteiger partial charge in [0, 0.05) is 12.5 Å². The predicted octanol–water partition coefficient (Wildman–Crippen LogP) is 2.10. The molecular formula is C7H11BrN2S. The highest BCUT2D eigenvalue weighted by Gasteiger charge is 2.07. The van der Waals surface area contributed by atoms with E-state index >= 15 is 0 Å². The van der Waals surface area contributed by atoms with Crippen LogP contribution in [0.25, 0.3) is 0 Å². The van der Waals surface area contributed by atoms with Gasteiger partial charge >= 0.3 is 0 Å². The summed E-state index contributed by atoms with van der Waals surface area (Å²) in [6.45, 7) is 3.99. The van der Waals surface area contributed by atoms with Crippen LogP contribution in [0.5, 0.6) is 0 Å². The van der Waals surface area contributed by atoms with Gasteiger partial charge in [0.2, 0.25) is 0 Å². The highest BCUT2D eigenvalue weighted by molar-refractivity contribution is 9.11. The van der Waals surface area contributed by atoms with Crippen molar-refractivity contribution in [3.8, 4) is 0 Å². The van der Waals surface area contributed by atoms with Crippen LogP contribution in [0.3, 0.4) is 0 Å². The second-order valence-electron chi connectivity index (χ2n) is 2.63. The summed E-state index contributed by atoms with van der Waals surface area (Å²) in [6.07, 6.45) is 0.852. The summed E-state index contributed by atoms with van der Waals surface area (Å²) in [4.78, 5) is 4.34. The smallest absolute Gasteiger partial charge is 0.0932 e. The van der Waals surface area contributed by atoms with Crippen molar-refractivity contribution in [2.45, 2.75) is 26.3 Å². The molecule has 2 nitrogen and oxygen atoms in total. The molecule has 0 spiro atoms. The van der Waals surface area contributed by atoms with E-state index in [1.165, 1.54) is 0 Å². The van der Waals surface area contributed by atoms with Crippen LogP contribution >= 0.6 is 27.3 Å². The zero-order valence-electron chi connectivity index (χ0n) is 6.60. The van der Waals surface area contributed by atoms with Gasteiger partial charge in [-0.2, -0.15) is 0 Å². The quantitative estimate of drug-likeness (QED) is 0.852. The lowest BCUT2D eigenvalue weighted by Crippen LogP contribution is -2.18. The summed E-state index contributed by atoms with van der Waals surface area (Å²) >= 11 is 5.11. The third kappa shape index (κ3) is 2.54. The molecule has 0 radical (unpaired) electrons. The van der Waals surface area contributed by atoms with E-state index in [9.17, 15) is 0 Å². The number of nitrogens with zero attached hydrogens (tertiary/aromatic N) is 1. The van der Waals surface area contributed by atoms with Crippen molar-refractivity contribution in [2.24, 2.45) is 5.73 Å². The molecule has 1 unspecified atom stereocenters. The molecule has 0 saturated carbocycles. The number of hydrogen-bond donors (Lipinski definition) is 1. The van der Waals surface area contributed by atoms with Crippen LogP contribution in [0.15, 0.2) is 3.79 Å². The Kier molecular flexibility index (Phi) is 3.04. The molecule has 2 N–H and O–H groups in total. The third-order valence-corrected chi connectivity index (χ3v) is 3.02. The summed E-state index contributed by atoms with van der Waals surface area (Å²) in [5.41, 5.74) is 6.73. The first-order chi connectivity index (χ1) is 5.09. The van der Waals surface area contributed by atoms with E-state index in [1.54, 1.807) is 11.3 Å². The number of hydrogen-bond acceptors (Lipinski definition) is 3. The zero-order chi connectivity index (χ0) is 8.43. The fraction of sp³-hybridized carbons (Fsp3) is 0.571. The van der Waals surface area contributed by atoms with Gasteiger partial charge in [0.1, 0.15) is 0 Å². The lowest BCUT2D eigenvalue weighted by molar-refractivity contribution is 0.722. The van der Waals surface area contributed by atoms with Crippen molar-refractivity contribution >= 4 is 27.3 Å². The van der Waals surface area contributed by atoms with E-state index < -0.39 is 0 Å². The van der Waals surface area contributed by atoms with E-state index in [4.69, 9.17) is 5.73 Å². The molecule has 0 aromatic carbocycles. The molecule has 0 amide bonds. The number of nitrogens with two attached hydrogens (primary N) is 1. The zero-order valence-corrected chi connectivity index (χ0v) is 9.00. The summed E-state index contributed by atoms with van der Waals surface area (Å²) in [6, 6.07) is 0.188. The number of halogens is 1. The maximum Gasteiger partial charge on any atom is 0.0932 e. The van der Waals surface area contributed by atoms with Crippen LogP contribution in [0.4, 0.5) is 0 Å². The van der Waals surface area contributed by atoms with Crippen LogP contribution in [0.2, 0.25) is 0 Å². The van der Waals surface area contributed by atoms with Crippen LogP contribution in [0.1, 0.15) is 17.6 Å². The molecule has 62 valence electrons. The van der Waals surface area contributed by atoms with E-state index in [0.717, 1.165) is 20.9 Å². The van der Waals surface area contributed by atoms with E-state index in [0.29, 0.717) is 0 Å². The Labute approximate surface area is 79.0 Å². The van der Waals surface area contributed by atoms with Crippen molar-refractivity contribution in [3.05, 3.63) is 14.5 Å². The molecule has 0 saturated heterocycles. The molecule has 1 aromatic rings. The number of aromatic nitrogens is 1. The van der Waals surface area contributed by atoms with Gasteiger partial charge in [-0.1, -0.05) is 0 Å². The van der Waals surface area contributed by atoms with Crippen LogP contribution in [-0.4, -0.2) is 11.0 Å². The number of thiazole rings is 1. The monoisotopic (exact) mass is 234 g/mol. The average Bonchev–Trinajstić information content (AvgIpc) is 2.09. The molecule has 1 rings (SSSR count). The highest BCUT2D eigenvalue weighted by atomic mass is 79.9. The van der Waals surface area contributed by atoms with Gasteiger partial charge < -0.3 is 5.73 Å². The van der Waals surface area contributed by atoms with Crippen molar-refractivity contribution in [3.63, 3.8) is 0 Å². The Balaban J connectivity index is 2.77. The fourth-order valence-corrected chi connectivity index (χ4v) is 2.49. The van der Waals surface area contributed by atoms with E-state index in [2.05, 4.69) is 20.9 Å². The number of rotatable bonds is 2. The highest BCUT2D eigenvalue weighted by Crippen LogP contribution is 2.24. The second-order valence-corrected chi connectivity index (χ2v) is 5.16. The summed E-state index contributed by atoms with van der Waals surface area (Å²) < 4.78 is 1.12. The summed E-state index contributed by atoms with van der Waals surface area (Å²) in [5.74, 6) is 0. The van der Waals surface area contributed by atoms with Gasteiger partial charge in [-0.05, 0) is 29.8 Å². The van der Waals surface area contributed by atoms with Crippen molar-refractivity contribution in [1.29, 1.82) is 0 Å². The SMILES string of the molecule is Cc1nc(CC(C)N)c(Br)s1. The Hall–Kier alpha value is 0.0700. The van der Waals surface area contributed by atoms with Crippen LogP contribution in [0, 0.1) is 6.92 Å². The van der Waals surface area contributed by atoms with Gasteiger partial charge in [-0.25, -0.2) is 4.98 Å². The molecule has 0 aliphatic heterocycles. The van der Waals surface area contributed by atoms with Gasteiger partial charge in [0.05, 0.1) is 14.5 Å². The minimum Gasteiger partial charge on any atom is -0.328 e. The topological polar surface area (TPSA) is 38.9 Å². The first-order valence-electron chi connectivity index (χ1n) is 3.47. The van der Waals surface area contributed by atoms with Gasteiger partial charge in [0.25, 0.3) is 0 Å². The Morgan fingerprint density at radius 3 is 2.73 bits per heavy atom. The Morgan fingerprint density at radius 2 is 2.36 bits per heavy atom. The van der Waals surface area contributed by atoms with Crippen molar-refractivity contribution < 1.29 is 0 Å². The molecule has 1 aromatic heterocycles. The molecule has 0 aliphatic rings. The largest absolute Gasteiger partial charge is 0.328 e. The Bertz CT molecular complexity index is 245. The van der Waals surface area contributed by atoms with E-state index in [1.807, 2.05) is 13.8 Å². The standard InChI is InChI=1S/C7H11BrN2S/c1-4(9)3-6-7(8)11-5(2)10-6/h4H,3,9H2,1-2H3. The van der Waals surface area contributed by atoms with E-state index in [-0.39, 0.29) is 6.04 Å². The minimum absolute atomic E-state index is 0.188. The maximum atomic E-state index is 5.65. The predicted molar refractivity (Wildman–Crippen MR) is 51.9 cm³/mol. The molecular weight excluding hydrogens is 224 g/mol. The normalized spacial score (nSPS) is 13.5. The fourth-order valence-electron chi connectivity index (χ4n) is 0.876. The van der Waals surface area contributed by atoms with Crippen LogP contribution in [-0.2, 0) is 6.42 Å². The third-order valence-electron chi connectivity index (χ3n) is 1.27. The van der Waals surface area contributed by atoms with Crippen molar-refractivity contribution in [2.75, 3.05) is 0 Å². The van der Waals surface area contributed by atoms with Crippen LogP contribution < -0.4 is 5.73 Å². The van der Waals surface area contributed by atoms with Gasteiger partial charge in [-0.15, -0.1) is 11.3 Å². The molecule has 4 heteroatoms. The molecule has 1 atom stereocenters. The average molecular weight is 235 g/mol. The number of aryl methyl sites for hydroxylation is 1. The molecule has 0 fully saturated rings. The van der Waals surface area contributed by atoms with Crippen molar-refractivity contribution in [1.82, 2.24) is 4.98 Å². The Morgan fingerprint density at radius 1 is 1.73 bits per heavy atom. The second kappa shape index (κ2) is 3.65. The molecule has 1 heterocycles. The lowest BCUT2D eigenvalue weighted by atomic mass is 10.2. The van der Waals surface area contributed by atoms with Gasteiger partial charge in [0.15, 0.2) is 0 Å². The summed E-state index contributed by atoms with van der Waals surface area (Å²) in [7, 11) is 0.